The van der Waals surface area contributed by atoms with Gasteiger partial charge in [0.05, 0.1) is 6.54 Å². The van der Waals surface area contributed by atoms with Gasteiger partial charge in [-0.15, -0.1) is 0 Å². The molecule has 112 valence electrons. The predicted molar refractivity (Wildman–Crippen MR) is 63.8 cm³/mol. The van der Waals surface area contributed by atoms with Crippen molar-refractivity contribution in [3.05, 3.63) is 0 Å². The standard InChI is InChI=1S/C11H16N2O7/c12-11(10(19)20)4-6(9(17)18)13(5-11)7(14)2-1-3-8(15)16/h6H,1-5,12H2,(H,15,16)(H,17,18)(H,19,20)/t6-,11-/m0/s1. The Kier molecular flexibility index (Phi) is 4.66. The summed E-state index contributed by atoms with van der Waals surface area (Å²) in [5.74, 6) is -4.37. The smallest absolute Gasteiger partial charge is 0.326 e. The molecule has 1 amide bonds. The second-order valence-corrected chi connectivity index (χ2v) is 4.79. The van der Waals surface area contributed by atoms with Gasteiger partial charge in [-0.25, -0.2) is 4.79 Å². The van der Waals surface area contributed by atoms with E-state index < -0.39 is 41.9 Å². The molecule has 0 bridgehead atoms. The maximum Gasteiger partial charge on any atom is 0.326 e. The fourth-order valence-electron chi connectivity index (χ4n) is 2.11. The Balaban J connectivity index is 2.75. The van der Waals surface area contributed by atoms with Gasteiger partial charge in [0.2, 0.25) is 5.91 Å². The van der Waals surface area contributed by atoms with Crippen LogP contribution in [0, 0.1) is 0 Å². The van der Waals surface area contributed by atoms with Crippen molar-refractivity contribution < 1.29 is 34.5 Å². The molecule has 0 radical (unpaired) electrons. The monoisotopic (exact) mass is 288 g/mol. The molecule has 1 saturated heterocycles. The van der Waals surface area contributed by atoms with E-state index in [0.29, 0.717) is 0 Å². The summed E-state index contributed by atoms with van der Waals surface area (Å²) in [5, 5.41) is 26.5. The maximum atomic E-state index is 11.9. The maximum absolute atomic E-state index is 11.9. The zero-order chi connectivity index (χ0) is 15.5. The highest BCUT2D eigenvalue weighted by Gasteiger charge is 2.51. The molecule has 0 saturated carbocycles. The number of amides is 1. The van der Waals surface area contributed by atoms with Crippen molar-refractivity contribution in [3.8, 4) is 0 Å². The van der Waals surface area contributed by atoms with Crippen LogP contribution < -0.4 is 5.73 Å². The number of nitrogens with two attached hydrogens (primary N) is 1. The minimum atomic E-state index is -1.79. The van der Waals surface area contributed by atoms with Crippen LogP contribution in [-0.2, 0) is 19.2 Å². The van der Waals surface area contributed by atoms with Crippen molar-refractivity contribution in [2.75, 3.05) is 6.54 Å². The number of carboxylic acid groups (broad SMARTS) is 3. The SMILES string of the molecule is N[C@@]1(C(=O)O)C[C@@H](C(=O)O)N(C(=O)CCCC(=O)O)C1. The molecule has 0 spiro atoms. The van der Waals surface area contributed by atoms with E-state index in [1.165, 1.54) is 0 Å². The lowest BCUT2D eigenvalue weighted by Crippen LogP contribution is -2.50. The van der Waals surface area contributed by atoms with Gasteiger partial charge in [0, 0.05) is 19.3 Å². The molecule has 0 aliphatic carbocycles. The summed E-state index contributed by atoms with van der Waals surface area (Å²) in [6.07, 6.45) is -0.695. The van der Waals surface area contributed by atoms with E-state index in [4.69, 9.17) is 21.1 Å². The molecule has 0 aromatic carbocycles. The number of carbonyl (C=O) groups excluding carboxylic acids is 1. The molecule has 1 rings (SSSR count). The largest absolute Gasteiger partial charge is 0.481 e. The van der Waals surface area contributed by atoms with Crippen molar-refractivity contribution >= 4 is 23.8 Å². The van der Waals surface area contributed by atoms with E-state index >= 15 is 0 Å². The lowest BCUT2D eigenvalue weighted by atomic mass is 9.98. The van der Waals surface area contributed by atoms with Crippen LogP contribution in [0.5, 0.6) is 0 Å². The van der Waals surface area contributed by atoms with Crippen LogP contribution in [0.25, 0.3) is 0 Å². The van der Waals surface area contributed by atoms with Crippen molar-refractivity contribution in [1.82, 2.24) is 4.90 Å². The molecule has 1 fully saturated rings. The third-order valence-electron chi connectivity index (χ3n) is 3.20. The predicted octanol–water partition coefficient (Wildman–Crippen LogP) is -1.29. The van der Waals surface area contributed by atoms with Crippen LogP contribution in [-0.4, -0.2) is 62.2 Å². The van der Waals surface area contributed by atoms with Gasteiger partial charge in [-0.1, -0.05) is 0 Å². The van der Waals surface area contributed by atoms with Gasteiger partial charge in [-0.05, 0) is 6.42 Å². The van der Waals surface area contributed by atoms with E-state index in [0.717, 1.165) is 4.90 Å². The first-order chi connectivity index (χ1) is 9.17. The van der Waals surface area contributed by atoms with E-state index in [1.807, 2.05) is 0 Å². The van der Waals surface area contributed by atoms with Gasteiger partial charge in [0.15, 0.2) is 0 Å². The highest BCUT2D eigenvalue weighted by atomic mass is 16.4. The van der Waals surface area contributed by atoms with Gasteiger partial charge in [-0.3, -0.25) is 14.4 Å². The normalized spacial score (nSPS) is 25.4. The molecule has 9 heteroatoms. The Morgan fingerprint density at radius 3 is 2.20 bits per heavy atom. The fourth-order valence-corrected chi connectivity index (χ4v) is 2.11. The summed E-state index contributed by atoms with van der Waals surface area (Å²) in [7, 11) is 0. The van der Waals surface area contributed by atoms with Crippen LogP contribution in [0.2, 0.25) is 0 Å². The molecule has 5 N–H and O–H groups in total. The van der Waals surface area contributed by atoms with Crippen molar-refractivity contribution in [1.29, 1.82) is 0 Å². The molecule has 1 aliphatic heterocycles. The minimum Gasteiger partial charge on any atom is -0.481 e. The Hall–Kier alpha value is -2.16. The highest BCUT2D eigenvalue weighted by molar-refractivity contribution is 5.89. The van der Waals surface area contributed by atoms with Gasteiger partial charge in [0.25, 0.3) is 0 Å². The average Bonchev–Trinajstić information content (AvgIpc) is 2.68. The van der Waals surface area contributed by atoms with E-state index in [2.05, 4.69) is 0 Å². The minimum absolute atomic E-state index is 0.0572. The Bertz CT molecular complexity index is 450. The summed E-state index contributed by atoms with van der Waals surface area (Å²) < 4.78 is 0. The lowest BCUT2D eigenvalue weighted by Gasteiger charge is -2.22. The Labute approximate surface area is 114 Å². The molecule has 0 unspecified atom stereocenters. The summed E-state index contributed by atoms with van der Waals surface area (Å²) in [6, 6.07) is -1.30. The van der Waals surface area contributed by atoms with E-state index in [1.54, 1.807) is 0 Å². The van der Waals surface area contributed by atoms with Crippen molar-refractivity contribution in [2.45, 2.75) is 37.3 Å². The van der Waals surface area contributed by atoms with Gasteiger partial charge >= 0.3 is 17.9 Å². The molecule has 9 nitrogen and oxygen atoms in total. The second kappa shape index (κ2) is 5.87. The van der Waals surface area contributed by atoms with Crippen LogP contribution in [0.1, 0.15) is 25.7 Å². The number of nitrogens with zero attached hydrogens (tertiary/aromatic N) is 1. The molecule has 1 heterocycles. The number of carboxylic acids is 3. The molecule has 0 aromatic rings. The van der Waals surface area contributed by atoms with Crippen molar-refractivity contribution in [2.24, 2.45) is 5.73 Å². The van der Waals surface area contributed by atoms with Crippen molar-refractivity contribution in [3.63, 3.8) is 0 Å². The van der Waals surface area contributed by atoms with Gasteiger partial charge < -0.3 is 26.0 Å². The van der Waals surface area contributed by atoms with Crippen LogP contribution in [0.4, 0.5) is 0 Å². The first-order valence-electron chi connectivity index (χ1n) is 5.94. The number of likely N-dealkylation sites (tertiary alicyclic amines) is 1. The topological polar surface area (TPSA) is 158 Å². The first kappa shape index (κ1) is 15.9. The van der Waals surface area contributed by atoms with Gasteiger partial charge in [-0.2, -0.15) is 0 Å². The summed E-state index contributed by atoms with van der Waals surface area (Å²) >= 11 is 0. The van der Waals surface area contributed by atoms with E-state index in [9.17, 15) is 19.2 Å². The summed E-state index contributed by atoms with van der Waals surface area (Å²) in [6.45, 7) is -0.398. The van der Waals surface area contributed by atoms with Gasteiger partial charge in [0.1, 0.15) is 11.6 Å². The van der Waals surface area contributed by atoms with Crippen LogP contribution in [0.3, 0.4) is 0 Å². The number of carbonyl (C=O) groups is 4. The zero-order valence-corrected chi connectivity index (χ0v) is 10.6. The van der Waals surface area contributed by atoms with Crippen LogP contribution in [0.15, 0.2) is 0 Å². The second-order valence-electron chi connectivity index (χ2n) is 4.79. The first-order valence-corrected chi connectivity index (χ1v) is 5.94. The average molecular weight is 288 g/mol. The Morgan fingerprint density at radius 2 is 1.75 bits per heavy atom. The van der Waals surface area contributed by atoms with Crippen LogP contribution >= 0.6 is 0 Å². The number of rotatable bonds is 6. The molecule has 20 heavy (non-hydrogen) atoms. The Morgan fingerprint density at radius 1 is 1.15 bits per heavy atom. The van der Waals surface area contributed by atoms with E-state index in [-0.39, 0.29) is 25.7 Å². The molecule has 2 atom stereocenters. The number of hydrogen-bond acceptors (Lipinski definition) is 5. The third kappa shape index (κ3) is 3.44. The molecule has 1 aliphatic rings. The molecular weight excluding hydrogens is 272 g/mol. The third-order valence-corrected chi connectivity index (χ3v) is 3.20. The number of hydrogen-bond donors (Lipinski definition) is 4. The summed E-state index contributed by atoms with van der Waals surface area (Å²) in [4.78, 5) is 45.2. The fraction of sp³-hybridized carbons (Fsp3) is 0.636. The number of aliphatic carboxylic acids is 3. The lowest BCUT2D eigenvalue weighted by molar-refractivity contribution is -0.148. The highest BCUT2D eigenvalue weighted by Crippen LogP contribution is 2.27. The summed E-state index contributed by atoms with van der Waals surface area (Å²) in [5.41, 5.74) is 3.80. The zero-order valence-electron chi connectivity index (χ0n) is 10.6. The molecule has 0 aromatic heterocycles. The molecular formula is C11H16N2O7. The quantitative estimate of drug-likeness (QED) is 0.469.